The fourth-order valence-corrected chi connectivity index (χ4v) is 5.23. The van der Waals surface area contributed by atoms with E-state index in [2.05, 4.69) is 88.7 Å². The summed E-state index contributed by atoms with van der Waals surface area (Å²) in [6.45, 7) is 3.70. The maximum Gasteiger partial charge on any atom is 0.162 e. The molecular formula is C31H27ClN4. The van der Waals surface area contributed by atoms with Crippen molar-refractivity contribution >= 4 is 28.3 Å². The zero-order chi connectivity index (χ0) is 24.3. The Morgan fingerprint density at radius 2 is 1.19 bits per heavy atom. The Morgan fingerprint density at radius 1 is 0.611 bits per heavy atom. The molecule has 178 valence electrons. The molecule has 6 rings (SSSR count). The van der Waals surface area contributed by atoms with E-state index >= 15 is 0 Å². The van der Waals surface area contributed by atoms with Gasteiger partial charge in [-0.3, -0.25) is 4.90 Å². The molecule has 0 spiro atoms. The number of nitrogens with zero attached hydrogens (tertiary/aromatic N) is 4. The van der Waals surface area contributed by atoms with Crippen LogP contribution in [0.15, 0.2) is 109 Å². The minimum atomic E-state index is 0.237. The Labute approximate surface area is 216 Å². The molecule has 2 heterocycles. The van der Waals surface area contributed by atoms with Gasteiger partial charge in [-0.05, 0) is 47.5 Å². The van der Waals surface area contributed by atoms with E-state index in [0.29, 0.717) is 5.02 Å². The fourth-order valence-electron chi connectivity index (χ4n) is 5.11. The van der Waals surface area contributed by atoms with Gasteiger partial charge in [-0.1, -0.05) is 84.4 Å². The highest BCUT2D eigenvalue weighted by Crippen LogP contribution is 2.32. The van der Waals surface area contributed by atoms with Crippen molar-refractivity contribution in [1.29, 1.82) is 0 Å². The molecule has 0 amide bonds. The van der Waals surface area contributed by atoms with Gasteiger partial charge >= 0.3 is 0 Å². The average molecular weight is 491 g/mol. The summed E-state index contributed by atoms with van der Waals surface area (Å²) in [5, 5.41) is 1.80. The SMILES string of the molecule is Clc1ccc(-c2nc(N3CCN(C(c4ccccc4)c4ccccc4)CC3)c3ccccc3n2)cc1. The second-order valence-electron chi connectivity index (χ2n) is 9.14. The number of piperazine rings is 1. The van der Waals surface area contributed by atoms with Crippen molar-refractivity contribution < 1.29 is 0 Å². The summed E-state index contributed by atoms with van der Waals surface area (Å²) < 4.78 is 0. The summed E-state index contributed by atoms with van der Waals surface area (Å²) in [5.41, 5.74) is 4.59. The molecule has 1 aliphatic rings. The third-order valence-corrected chi connectivity index (χ3v) is 7.15. The molecule has 0 saturated carbocycles. The molecule has 4 nitrogen and oxygen atoms in total. The molecule has 1 fully saturated rings. The summed E-state index contributed by atoms with van der Waals surface area (Å²) in [5.74, 6) is 1.73. The zero-order valence-corrected chi connectivity index (χ0v) is 20.7. The average Bonchev–Trinajstić information content (AvgIpc) is 2.95. The lowest BCUT2D eigenvalue weighted by Gasteiger charge is -2.40. The molecule has 5 aromatic rings. The molecule has 0 radical (unpaired) electrons. The standard InChI is InChI=1S/C31H27ClN4/c32-26-17-15-25(16-18-26)30-33-28-14-8-7-13-27(28)31(34-30)36-21-19-35(20-22-36)29(23-9-3-1-4-10-23)24-11-5-2-6-12-24/h1-18,29H,19-22H2. The second-order valence-corrected chi connectivity index (χ2v) is 9.58. The van der Waals surface area contributed by atoms with Gasteiger partial charge in [0.05, 0.1) is 11.6 Å². The second kappa shape index (κ2) is 10.1. The third kappa shape index (κ3) is 4.58. The van der Waals surface area contributed by atoms with Crippen molar-refractivity contribution in [3.8, 4) is 11.4 Å². The highest BCUT2D eigenvalue weighted by Gasteiger charge is 2.27. The minimum absolute atomic E-state index is 0.237. The number of para-hydroxylation sites is 1. The first-order valence-corrected chi connectivity index (χ1v) is 12.8. The Balaban J connectivity index is 1.31. The van der Waals surface area contributed by atoms with Crippen molar-refractivity contribution in [2.45, 2.75) is 6.04 Å². The van der Waals surface area contributed by atoms with Crippen LogP contribution in [0.2, 0.25) is 5.02 Å². The Hall–Kier alpha value is -3.73. The quantitative estimate of drug-likeness (QED) is 0.269. The number of halogens is 1. The molecule has 0 aliphatic carbocycles. The van der Waals surface area contributed by atoms with E-state index in [1.54, 1.807) is 0 Å². The van der Waals surface area contributed by atoms with E-state index in [4.69, 9.17) is 21.6 Å². The number of hydrogen-bond acceptors (Lipinski definition) is 4. The molecule has 0 bridgehead atoms. The highest BCUT2D eigenvalue weighted by atomic mass is 35.5. The van der Waals surface area contributed by atoms with Crippen molar-refractivity contribution in [3.63, 3.8) is 0 Å². The van der Waals surface area contributed by atoms with Gasteiger partial charge in [0.1, 0.15) is 5.82 Å². The summed E-state index contributed by atoms with van der Waals surface area (Å²) in [7, 11) is 0. The van der Waals surface area contributed by atoms with Crippen LogP contribution in [0.4, 0.5) is 5.82 Å². The van der Waals surface area contributed by atoms with E-state index in [-0.39, 0.29) is 6.04 Å². The van der Waals surface area contributed by atoms with Gasteiger partial charge < -0.3 is 4.90 Å². The van der Waals surface area contributed by atoms with Gasteiger partial charge in [0, 0.05) is 42.2 Å². The molecule has 1 saturated heterocycles. The van der Waals surface area contributed by atoms with Gasteiger partial charge in [-0.2, -0.15) is 0 Å². The van der Waals surface area contributed by atoms with Crippen LogP contribution in [0, 0.1) is 0 Å². The molecule has 0 unspecified atom stereocenters. The van der Waals surface area contributed by atoms with Crippen LogP contribution in [0.1, 0.15) is 17.2 Å². The van der Waals surface area contributed by atoms with Gasteiger partial charge in [0.25, 0.3) is 0 Å². The van der Waals surface area contributed by atoms with Gasteiger partial charge in [0.15, 0.2) is 5.82 Å². The molecule has 5 heteroatoms. The normalized spacial score (nSPS) is 14.4. The molecule has 4 aromatic carbocycles. The van der Waals surface area contributed by atoms with E-state index in [0.717, 1.165) is 54.3 Å². The van der Waals surface area contributed by atoms with Crippen LogP contribution in [0.3, 0.4) is 0 Å². The van der Waals surface area contributed by atoms with Crippen LogP contribution < -0.4 is 4.90 Å². The molecule has 0 atom stereocenters. The Bertz CT molecular complexity index is 1410. The van der Waals surface area contributed by atoms with Crippen LogP contribution in [-0.4, -0.2) is 41.0 Å². The smallest absolute Gasteiger partial charge is 0.162 e. The number of benzene rings is 4. The van der Waals surface area contributed by atoms with Crippen molar-refractivity contribution in [1.82, 2.24) is 14.9 Å². The van der Waals surface area contributed by atoms with Gasteiger partial charge in [0.2, 0.25) is 0 Å². The van der Waals surface area contributed by atoms with E-state index < -0.39 is 0 Å². The maximum absolute atomic E-state index is 6.12. The third-order valence-electron chi connectivity index (χ3n) is 6.90. The number of fused-ring (bicyclic) bond motifs is 1. The molecule has 1 aliphatic heterocycles. The van der Waals surface area contributed by atoms with E-state index in [1.807, 2.05) is 30.3 Å². The summed E-state index contributed by atoms with van der Waals surface area (Å²) in [6.07, 6.45) is 0. The number of hydrogen-bond donors (Lipinski definition) is 0. The number of rotatable bonds is 5. The summed E-state index contributed by atoms with van der Waals surface area (Å²) in [4.78, 5) is 14.9. The highest BCUT2D eigenvalue weighted by molar-refractivity contribution is 6.30. The molecule has 1 aromatic heterocycles. The first-order valence-electron chi connectivity index (χ1n) is 12.4. The number of anilines is 1. The minimum Gasteiger partial charge on any atom is -0.353 e. The lowest BCUT2D eigenvalue weighted by atomic mass is 9.96. The van der Waals surface area contributed by atoms with Crippen LogP contribution in [-0.2, 0) is 0 Å². The zero-order valence-electron chi connectivity index (χ0n) is 20.0. The fraction of sp³-hybridized carbons (Fsp3) is 0.161. The van der Waals surface area contributed by atoms with Crippen molar-refractivity contribution in [2.75, 3.05) is 31.1 Å². The van der Waals surface area contributed by atoms with E-state index in [1.165, 1.54) is 11.1 Å². The molecule has 36 heavy (non-hydrogen) atoms. The monoisotopic (exact) mass is 490 g/mol. The molecular weight excluding hydrogens is 464 g/mol. The lowest BCUT2D eigenvalue weighted by molar-refractivity contribution is 0.212. The summed E-state index contributed by atoms with van der Waals surface area (Å²) in [6, 6.07) is 37.9. The van der Waals surface area contributed by atoms with Gasteiger partial charge in [-0.25, -0.2) is 9.97 Å². The van der Waals surface area contributed by atoms with Crippen molar-refractivity contribution in [3.05, 3.63) is 125 Å². The van der Waals surface area contributed by atoms with Crippen LogP contribution in [0.5, 0.6) is 0 Å². The lowest BCUT2D eigenvalue weighted by Crippen LogP contribution is -2.48. The van der Waals surface area contributed by atoms with E-state index in [9.17, 15) is 0 Å². The Morgan fingerprint density at radius 3 is 1.83 bits per heavy atom. The van der Waals surface area contributed by atoms with Crippen LogP contribution in [0.25, 0.3) is 22.3 Å². The van der Waals surface area contributed by atoms with Gasteiger partial charge in [-0.15, -0.1) is 0 Å². The predicted molar refractivity (Wildman–Crippen MR) is 148 cm³/mol. The first kappa shape index (κ1) is 22.7. The Kier molecular flexibility index (Phi) is 6.37. The van der Waals surface area contributed by atoms with Crippen molar-refractivity contribution in [2.24, 2.45) is 0 Å². The maximum atomic E-state index is 6.12. The first-order chi connectivity index (χ1) is 17.8. The molecule has 0 N–H and O–H groups in total. The summed E-state index contributed by atoms with van der Waals surface area (Å²) >= 11 is 6.12. The predicted octanol–water partition coefficient (Wildman–Crippen LogP) is 6.86. The largest absolute Gasteiger partial charge is 0.353 e. The van der Waals surface area contributed by atoms with Crippen LogP contribution >= 0.6 is 11.6 Å². The topological polar surface area (TPSA) is 32.3 Å². The number of aromatic nitrogens is 2.